The van der Waals surface area contributed by atoms with E-state index in [1.54, 1.807) is 30.6 Å². The molecule has 0 amide bonds. The summed E-state index contributed by atoms with van der Waals surface area (Å²) < 4.78 is 0. The first kappa shape index (κ1) is 10.9. The molecule has 0 aliphatic carbocycles. The number of hydrogen-bond donors (Lipinski definition) is 3. The maximum Gasteiger partial charge on any atom is 0.337 e. The molecule has 0 aliphatic heterocycles. The van der Waals surface area contributed by atoms with E-state index in [-0.39, 0.29) is 11.3 Å². The highest BCUT2D eigenvalue weighted by molar-refractivity contribution is 5.97. The number of para-hydroxylation sites is 1. The third-order valence-corrected chi connectivity index (χ3v) is 2.28. The second-order valence-corrected chi connectivity index (χ2v) is 3.44. The van der Waals surface area contributed by atoms with Crippen LogP contribution in [0.1, 0.15) is 10.4 Å². The fourth-order valence-electron chi connectivity index (χ4n) is 1.45. The van der Waals surface area contributed by atoms with Crippen LogP contribution in [-0.2, 0) is 0 Å². The summed E-state index contributed by atoms with van der Waals surface area (Å²) in [6.07, 6.45) is 3.29. The zero-order valence-electron chi connectivity index (χ0n) is 8.92. The van der Waals surface area contributed by atoms with Crippen molar-refractivity contribution in [1.29, 1.82) is 0 Å². The van der Waals surface area contributed by atoms with Crippen molar-refractivity contribution in [2.45, 2.75) is 0 Å². The molecule has 2 aromatic rings. The molecular weight excluding hydrogens is 218 g/mol. The van der Waals surface area contributed by atoms with E-state index in [1.807, 2.05) is 6.07 Å². The number of hydrogen-bond acceptors (Lipinski definition) is 4. The molecule has 5 heteroatoms. The van der Waals surface area contributed by atoms with Gasteiger partial charge in [-0.25, -0.2) is 4.79 Å². The summed E-state index contributed by atoms with van der Waals surface area (Å²) in [6, 6.07) is 8.42. The van der Waals surface area contributed by atoms with Gasteiger partial charge in [0, 0.05) is 6.20 Å². The highest BCUT2D eigenvalue weighted by Crippen LogP contribution is 2.25. The minimum Gasteiger partial charge on any atom is -0.478 e. The summed E-state index contributed by atoms with van der Waals surface area (Å²) in [7, 11) is 0. The zero-order valence-corrected chi connectivity index (χ0v) is 8.92. The summed E-state index contributed by atoms with van der Waals surface area (Å²) in [4.78, 5) is 14.9. The third kappa shape index (κ3) is 2.34. The summed E-state index contributed by atoms with van der Waals surface area (Å²) >= 11 is 0. The van der Waals surface area contributed by atoms with Gasteiger partial charge in [-0.2, -0.15) is 0 Å². The molecule has 0 atom stereocenters. The first-order valence-corrected chi connectivity index (χ1v) is 4.97. The van der Waals surface area contributed by atoms with Crippen molar-refractivity contribution in [2.75, 3.05) is 11.1 Å². The second kappa shape index (κ2) is 4.52. The van der Waals surface area contributed by atoms with Crippen molar-refractivity contribution in [3.63, 3.8) is 0 Å². The number of anilines is 3. The van der Waals surface area contributed by atoms with Crippen LogP contribution in [0.15, 0.2) is 42.7 Å². The molecule has 0 spiro atoms. The van der Waals surface area contributed by atoms with Crippen LogP contribution in [0.4, 0.5) is 17.1 Å². The lowest BCUT2D eigenvalue weighted by atomic mass is 10.1. The summed E-state index contributed by atoms with van der Waals surface area (Å²) in [6.45, 7) is 0. The van der Waals surface area contributed by atoms with E-state index >= 15 is 0 Å². The van der Waals surface area contributed by atoms with Crippen LogP contribution in [0.2, 0.25) is 0 Å². The number of nitrogens with zero attached hydrogens (tertiary/aromatic N) is 1. The fraction of sp³-hybridized carbons (Fsp3) is 0. The van der Waals surface area contributed by atoms with Gasteiger partial charge in [-0.15, -0.1) is 0 Å². The third-order valence-electron chi connectivity index (χ3n) is 2.28. The molecule has 17 heavy (non-hydrogen) atoms. The predicted octanol–water partition coefficient (Wildman–Crippen LogP) is 2.11. The Kier molecular flexibility index (Phi) is 2.91. The first-order chi connectivity index (χ1) is 8.18. The molecule has 5 nitrogen and oxygen atoms in total. The van der Waals surface area contributed by atoms with E-state index in [9.17, 15) is 4.79 Å². The monoisotopic (exact) mass is 229 g/mol. The number of nitrogens with two attached hydrogens (primary N) is 1. The van der Waals surface area contributed by atoms with Gasteiger partial charge in [0.15, 0.2) is 0 Å². The smallest absolute Gasteiger partial charge is 0.337 e. The molecule has 0 saturated carbocycles. The van der Waals surface area contributed by atoms with Crippen molar-refractivity contribution < 1.29 is 9.90 Å². The van der Waals surface area contributed by atoms with Gasteiger partial charge in [0.25, 0.3) is 0 Å². The molecule has 0 saturated heterocycles. The van der Waals surface area contributed by atoms with Gasteiger partial charge < -0.3 is 16.2 Å². The number of carboxylic acid groups (broad SMARTS) is 1. The average Bonchev–Trinajstić information content (AvgIpc) is 2.33. The topological polar surface area (TPSA) is 88.2 Å². The molecule has 0 unspecified atom stereocenters. The lowest BCUT2D eigenvalue weighted by Crippen LogP contribution is -2.05. The van der Waals surface area contributed by atoms with Crippen LogP contribution >= 0.6 is 0 Å². The minimum absolute atomic E-state index is 0.0823. The molecule has 1 heterocycles. The number of aromatic nitrogens is 1. The summed E-state index contributed by atoms with van der Waals surface area (Å²) in [5.74, 6) is -1.04. The van der Waals surface area contributed by atoms with E-state index in [2.05, 4.69) is 10.3 Å². The molecular formula is C12H11N3O2. The van der Waals surface area contributed by atoms with Gasteiger partial charge in [-0.3, -0.25) is 4.98 Å². The Labute approximate surface area is 97.9 Å². The highest BCUT2D eigenvalue weighted by atomic mass is 16.4. The number of benzene rings is 1. The van der Waals surface area contributed by atoms with Gasteiger partial charge in [0.2, 0.25) is 0 Å². The van der Waals surface area contributed by atoms with Crippen LogP contribution in [0, 0.1) is 0 Å². The lowest BCUT2D eigenvalue weighted by molar-refractivity contribution is 0.0698. The molecule has 86 valence electrons. The largest absolute Gasteiger partial charge is 0.478 e. The number of aromatic carboxylic acids is 1. The Morgan fingerprint density at radius 1 is 1.29 bits per heavy atom. The van der Waals surface area contributed by atoms with Crippen molar-refractivity contribution in [3.8, 4) is 0 Å². The van der Waals surface area contributed by atoms with E-state index in [1.165, 1.54) is 6.07 Å². The van der Waals surface area contributed by atoms with E-state index in [4.69, 9.17) is 10.8 Å². The predicted molar refractivity (Wildman–Crippen MR) is 65.3 cm³/mol. The standard InChI is InChI=1S/C12H11N3O2/c13-11-9(12(16)17)4-1-5-10(11)15-8-3-2-6-14-7-8/h1-7,15H,13H2,(H,16,17). The second-order valence-electron chi connectivity index (χ2n) is 3.44. The maximum absolute atomic E-state index is 10.9. The molecule has 1 aromatic heterocycles. The molecule has 0 aliphatic rings. The van der Waals surface area contributed by atoms with Gasteiger partial charge in [-0.1, -0.05) is 6.07 Å². The molecule has 0 fully saturated rings. The minimum atomic E-state index is -1.04. The Balaban J connectivity index is 2.34. The van der Waals surface area contributed by atoms with Gasteiger partial charge in [-0.05, 0) is 24.3 Å². The maximum atomic E-state index is 10.9. The summed E-state index contributed by atoms with van der Waals surface area (Å²) in [5, 5.41) is 12.0. The number of pyridine rings is 1. The number of rotatable bonds is 3. The van der Waals surface area contributed by atoms with Gasteiger partial charge in [0.05, 0.1) is 28.8 Å². The van der Waals surface area contributed by atoms with E-state index < -0.39 is 5.97 Å². The SMILES string of the molecule is Nc1c(Nc2cccnc2)cccc1C(=O)O. The van der Waals surface area contributed by atoms with Crippen LogP contribution in [0.3, 0.4) is 0 Å². The Bertz CT molecular complexity index is 541. The highest BCUT2D eigenvalue weighted by Gasteiger charge is 2.10. The van der Waals surface area contributed by atoms with Crippen molar-refractivity contribution in [1.82, 2.24) is 4.98 Å². The van der Waals surface area contributed by atoms with E-state index in [0.29, 0.717) is 5.69 Å². The first-order valence-electron chi connectivity index (χ1n) is 4.97. The fourth-order valence-corrected chi connectivity index (χ4v) is 1.45. The lowest BCUT2D eigenvalue weighted by Gasteiger charge is -2.10. The van der Waals surface area contributed by atoms with Crippen LogP contribution in [0.25, 0.3) is 0 Å². The molecule has 0 bridgehead atoms. The Hall–Kier alpha value is -2.56. The molecule has 2 rings (SSSR count). The number of carbonyl (C=O) groups is 1. The normalized spacial score (nSPS) is 9.88. The quantitative estimate of drug-likeness (QED) is 0.701. The van der Waals surface area contributed by atoms with Gasteiger partial charge in [0.1, 0.15) is 0 Å². The van der Waals surface area contributed by atoms with Gasteiger partial charge >= 0.3 is 5.97 Å². The number of nitrogens with one attached hydrogen (secondary N) is 1. The van der Waals surface area contributed by atoms with Crippen molar-refractivity contribution in [3.05, 3.63) is 48.3 Å². The summed E-state index contributed by atoms with van der Waals surface area (Å²) in [5.41, 5.74) is 7.37. The molecule has 4 N–H and O–H groups in total. The average molecular weight is 229 g/mol. The Morgan fingerprint density at radius 3 is 2.76 bits per heavy atom. The van der Waals surface area contributed by atoms with E-state index in [0.717, 1.165) is 5.69 Å². The number of nitrogen functional groups attached to an aromatic ring is 1. The van der Waals surface area contributed by atoms with Crippen LogP contribution in [0.5, 0.6) is 0 Å². The molecule has 1 aromatic carbocycles. The van der Waals surface area contributed by atoms with Crippen LogP contribution < -0.4 is 11.1 Å². The Morgan fingerprint density at radius 2 is 2.12 bits per heavy atom. The van der Waals surface area contributed by atoms with Crippen LogP contribution in [-0.4, -0.2) is 16.1 Å². The number of carboxylic acids is 1. The zero-order chi connectivity index (χ0) is 12.3. The van der Waals surface area contributed by atoms with Crippen molar-refractivity contribution in [2.24, 2.45) is 0 Å². The van der Waals surface area contributed by atoms with Crippen molar-refractivity contribution >= 4 is 23.0 Å². The molecule has 0 radical (unpaired) electrons.